The minimum Gasteiger partial charge on any atom is -0.296 e. The first kappa shape index (κ1) is 17.4. The maximum Gasteiger partial charge on any atom is 0.0473 e. The highest BCUT2D eigenvalue weighted by Gasteiger charge is 2.31. The van der Waals surface area contributed by atoms with Crippen LogP contribution < -0.4 is 0 Å². The lowest BCUT2D eigenvalue weighted by Gasteiger charge is -2.44. The summed E-state index contributed by atoms with van der Waals surface area (Å²) in [6.45, 7) is 2.07. The molecular weight excluding hydrogens is 340 g/mol. The first-order chi connectivity index (χ1) is 13.7. The van der Waals surface area contributed by atoms with Crippen LogP contribution in [0.3, 0.4) is 0 Å². The van der Waals surface area contributed by atoms with E-state index >= 15 is 0 Å². The lowest BCUT2D eigenvalue weighted by molar-refractivity contribution is 0.0625. The van der Waals surface area contributed by atoms with Gasteiger partial charge in [-0.25, -0.2) is 0 Å². The molecule has 0 unspecified atom stereocenters. The lowest BCUT2D eigenvalue weighted by Crippen LogP contribution is -2.46. The van der Waals surface area contributed by atoms with E-state index in [4.69, 9.17) is 0 Å². The highest BCUT2D eigenvalue weighted by atomic mass is 15.3. The Morgan fingerprint density at radius 1 is 0.536 bits per heavy atom. The predicted octanol–water partition coefficient (Wildman–Crippen LogP) is 5.65. The highest BCUT2D eigenvalue weighted by molar-refractivity contribution is 5.84. The van der Waals surface area contributed by atoms with Gasteiger partial charge in [-0.05, 0) is 58.9 Å². The molecular formula is C26H26N2. The summed E-state index contributed by atoms with van der Waals surface area (Å²) in [6.07, 6.45) is 0. The topological polar surface area (TPSA) is 6.48 Å². The van der Waals surface area contributed by atoms with Crippen LogP contribution >= 0.6 is 0 Å². The Morgan fingerprint density at radius 2 is 0.929 bits per heavy atom. The van der Waals surface area contributed by atoms with Crippen molar-refractivity contribution in [3.8, 4) is 0 Å². The quantitative estimate of drug-likeness (QED) is 0.452. The molecule has 0 aromatic heterocycles. The Hall–Kier alpha value is -2.68. The van der Waals surface area contributed by atoms with Gasteiger partial charge >= 0.3 is 0 Å². The second-order valence-electron chi connectivity index (χ2n) is 8.12. The van der Waals surface area contributed by atoms with Crippen LogP contribution in [0.1, 0.15) is 23.2 Å². The third-order valence-corrected chi connectivity index (χ3v) is 6.30. The van der Waals surface area contributed by atoms with Gasteiger partial charge in [0.1, 0.15) is 0 Å². The van der Waals surface area contributed by atoms with Gasteiger partial charge in [0, 0.05) is 25.2 Å². The van der Waals surface area contributed by atoms with Crippen molar-refractivity contribution in [2.45, 2.75) is 12.1 Å². The molecule has 1 fully saturated rings. The highest BCUT2D eigenvalue weighted by Crippen LogP contribution is 2.34. The number of likely N-dealkylation sites (N-methyl/N-ethyl adjacent to an activating group) is 2. The second kappa shape index (κ2) is 7.05. The van der Waals surface area contributed by atoms with Crippen LogP contribution in [-0.2, 0) is 0 Å². The summed E-state index contributed by atoms with van der Waals surface area (Å²) in [4.78, 5) is 5.04. The molecule has 0 amide bonds. The molecule has 140 valence electrons. The zero-order valence-corrected chi connectivity index (χ0v) is 16.5. The minimum absolute atomic E-state index is 0.423. The molecule has 2 heteroatoms. The summed E-state index contributed by atoms with van der Waals surface area (Å²) < 4.78 is 0. The molecule has 0 aliphatic carbocycles. The Bertz CT molecular complexity index is 1040. The minimum atomic E-state index is 0.423. The van der Waals surface area contributed by atoms with Gasteiger partial charge in [-0.15, -0.1) is 0 Å². The molecule has 1 saturated heterocycles. The molecule has 0 bridgehead atoms. The van der Waals surface area contributed by atoms with Gasteiger partial charge in [0.15, 0.2) is 0 Å². The summed E-state index contributed by atoms with van der Waals surface area (Å²) in [5.41, 5.74) is 2.81. The molecule has 1 aliphatic heterocycles. The summed E-state index contributed by atoms with van der Waals surface area (Å²) >= 11 is 0. The molecule has 4 aromatic rings. The SMILES string of the molecule is CN1C[C@@H](c2ccc3ccccc3c2)N(C)C[C@H]1c1ccc2ccccc2c1. The fourth-order valence-electron chi connectivity index (χ4n) is 4.63. The smallest absolute Gasteiger partial charge is 0.0473 e. The van der Waals surface area contributed by atoms with Crippen molar-refractivity contribution >= 4 is 21.5 Å². The van der Waals surface area contributed by atoms with E-state index in [1.165, 1.54) is 32.7 Å². The number of fused-ring (bicyclic) bond motifs is 2. The van der Waals surface area contributed by atoms with Crippen molar-refractivity contribution in [3.05, 3.63) is 96.1 Å². The van der Waals surface area contributed by atoms with Gasteiger partial charge in [-0.1, -0.05) is 72.8 Å². The maximum absolute atomic E-state index is 2.52. The summed E-state index contributed by atoms with van der Waals surface area (Å²) in [5.74, 6) is 0. The Morgan fingerprint density at radius 3 is 1.36 bits per heavy atom. The van der Waals surface area contributed by atoms with Crippen LogP contribution in [0.15, 0.2) is 84.9 Å². The molecule has 1 aliphatic rings. The van der Waals surface area contributed by atoms with Gasteiger partial charge in [0.25, 0.3) is 0 Å². The zero-order valence-electron chi connectivity index (χ0n) is 16.5. The van der Waals surface area contributed by atoms with Crippen LogP contribution in [0.4, 0.5) is 0 Å². The summed E-state index contributed by atoms with van der Waals surface area (Å²) in [6, 6.07) is 31.9. The monoisotopic (exact) mass is 366 g/mol. The van der Waals surface area contributed by atoms with E-state index in [-0.39, 0.29) is 0 Å². The third kappa shape index (κ3) is 3.09. The van der Waals surface area contributed by atoms with Crippen molar-refractivity contribution in [1.82, 2.24) is 9.80 Å². The molecule has 0 radical (unpaired) electrons. The number of hydrogen-bond acceptors (Lipinski definition) is 2. The van der Waals surface area contributed by atoms with E-state index in [0.29, 0.717) is 12.1 Å². The van der Waals surface area contributed by atoms with Crippen molar-refractivity contribution in [2.24, 2.45) is 0 Å². The molecule has 1 heterocycles. The number of benzene rings is 4. The average molecular weight is 367 g/mol. The van der Waals surface area contributed by atoms with Crippen molar-refractivity contribution in [3.63, 3.8) is 0 Å². The van der Waals surface area contributed by atoms with Crippen molar-refractivity contribution in [1.29, 1.82) is 0 Å². The van der Waals surface area contributed by atoms with E-state index < -0.39 is 0 Å². The van der Waals surface area contributed by atoms with Crippen molar-refractivity contribution < 1.29 is 0 Å². The van der Waals surface area contributed by atoms with Gasteiger partial charge in [0.05, 0.1) is 0 Å². The van der Waals surface area contributed by atoms with Gasteiger partial charge in [-0.2, -0.15) is 0 Å². The van der Waals surface area contributed by atoms with Gasteiger partial charge in [-0.3, -0.25) is 9.80 Å². The fraction of sp³-hybridized carbons (Fsp3) is 0.231. The first-order valence-electron chi connectivity index (χ1n) is 10.1. The standard InChI is InChI=1S/C26H26N2/c1-27-17-26(24-14-12-20-8-4-6-10-22(20)16-24)28(2)18-25(27)23-13-11-19-7-3-5-9-21(19)15-23/h3-16,25-26H,17-18H2,1-2H3/t25-,26-/m0/s1. The predicted molar refractivity (Wildman–Crippen MR) is 119 cm³/mol. The maximum atomic E-state index is 2.52. The molecule has 0 saturated carbocycles. The number of piperazine rings is 1. The van der Waals surface area contributed by atoms with E-state index in [0.717, 1.165) is 13.1 Å². The van der Waals surface area contributed by atoms with Crippen LogP contribution in [0.2, 0.25) is 0 Å². The van der Waals surface area contributed by atoms with Gasteiger partial charge < -0.3 is 0 Å². The second-order valence-corrected chi connectivity index (χ2v) is 8.12. The number of rotatable bonds is 2. The van der Waals surface area contributed by atoms with Crippen LogP contribution in [0, 0.1) is 0 Å². The Balaban J connectivity index is 1.43. The first-order valence-corrected chi connectivity index (χ1v) is 10.1. The molecule has 0 N–H and O–H groups in total. The molecule has 4 aromatic carbocycles. The van der Waals surface area contributed by atoms with E-state index in [1.54, 1.807) is 0 Å². The van der Waals surface area contributed by atoms with Crippen molar-refractivity contribution in [2.75, 3.05) is 27.2 Å². The normalized spacial score (nSPS) is 21.4. The fourth-order valence-corrected chi connectivity index (χ4v) is 4.63. The molecule has 2 atom stereocenters. The molecule has 28 heavy (non-hydrogen) atoms. The van der Waals surface area contributed by atoms with E-state index in [2.05, 4.69) is 109 Å². The van der Waals surface area contributed by atoms with E-state index in [9.17, 15) is 0 Å². The number of hydrogen-bond donors (Lipinski definition) is 0. The zero-order chi connectivity index (χ0) is 19.1. The molecule has 5 rings (SSSR count). The lowest BCUT2D eigenvalue weighted by atomic mass is 9.94. The average Bonchev–Trinajstić information content (AvgIpc) is 2.74. The van der Waals surface area contributed by atoms with Gasteiger partial charge in [0.2, 0.25) is 0 Å². The molecule has 0 spiro atoms. The van der Waals surface area contributed by atoms with Crippen LogP contribution in [-0.4, -0.2) is 37.0 Å². The van der Waals surface area contributed by atoms with Crippen LogP contribution in [0.25, 0.3) is 21.5 Å². The Labute approximate surface area is 167 Å². The largest absolute Gasteiger partial charge is 0.296 e. The molecule has 2 nitrogen and oxygen atoms in total. The van der Waals surface area contributed by atoms with E-state index in [1.807, 2.05) is 0 Å². The Kier molecular flexibility index (Phi) is 4.38. The third-order valence-electron chi connectivity index (χ3n) is 6.30. The summed E-state index contributed by atoms with van der Waals surface area (Å²) in [7, 11) is 4.53. The van der Waals surface area contributed by atoms with Crippen LogP contribution in [0.5, 0.6) is 0 Å². The number of nitrogens with zero attached hydrogens (tertiary/aromatic N) is 2. The summed E-state index contributed by atoms with van der Waals surface area (Å²) in [5, 5.41) is 5.28.